The minimum absolute atomic E-state index is 0.00273. The Morgan fingerprint density at radius 2 is 2.05 bits per heavy atom. The maximum absolute atomic E-state index is 12.3. The number of Topliss-reactive ketones (excluding diaryl/α,β-unsaturated/α-hetero) is 2. The van der Waals surface area contributed by atoms with Crippen LogP contribution in [0, 0.1) is 11.3 Å². The molecule has 1 unspecified atom stereocenters. The Labute approximate surface area is 125 Å². The Morgan fingerprint density at radius 3 is 2.62 bits per heavy atom. The van der Waals surface area contributed by atoms with Gasteiger partial charge in [0.25, 0.3) is 0 Å². The van der Waals surface area contributed by atoms with Gasteiger partial charge in [-0.25, -0.2) is 0 Å². The molecule has 0 bridgehead atoms. The summed E-state index contributed by atoms with van der Waals surface area (Å²) in [5.74, 6) is -1.60. The van der Waals surface area contributed by atoms with E-state index in [9.17, 15) is 14.4 Å². The Bertz CT molecular complexity index is 477. The van der Waals surface area contributed by atoms with E-state index in [0.29, 0.717) is 25.1 Å². The molecule has 0 N–H and O–H groups in total. The van der Waals surface area contributed by atoms with Crippen LogP contribution in [-0.4, -0.2) is 36.9 Å². The van der Waals surface area contributed by atoms with Crippen LogP contribution in [0.3, 0.4) is 0 Å². The highest BCUT2D eigenvalue weighted by Gasteiger charge is 2.41. The quantitative estimate of drug-likeness (QED) is 0.427. The van der Waals surface area contributed by atoms with Crippen molar-refractivity contribution in [1.29, 1.82) is 0 Å². The largest absolute Gasteiger partial charge is 0.469 e. The van der Waals surface area contributed by atoms with E-state index in [2.05, 4.69) is 16.3 Å². The van der Waals surface area contributed by atoms with Gasteiger partial charge in [0.05, 0.1) is 20.1 Å². The molecule has 1 fully saturated rings. The summed E-state index contributed by atoms with van der Waals surface area (Å²) >= 11 is 0. The van der Waals surface area contributed by atoms with Crippen LogP contribution in [-0.2, 0) is 19.1 Å². The Kier molecular flexibility index (Phi) is 6.00. The van der Waals surface area contributed by atoms with Gasteiger partial charge in [0, 0.05) is 18.6 Å². The predicted octanol–water partition coefficient (Wildman–Crippen LogP) is 2.14. The molecule has 21 heavy (non-hydrogen) atoms. The van der Waals surface area contributed by atoms with Crippen molar-refractivity contribution < 1.29 is 19.1 Å². The van der Waals surface area contributed by atoms with Gasteiger partial charge in [-0.3, -0.25) is 19.4 Å². The molecule has 0 heterocycles. The number of nitrogens with zero attached hydrogens (tertiary/aromatic N) is 1. The summed E-state index contributed by atoms with van der Waals surface area (Å²) in [6.45, 7) is 7.97. The summed E-state index contributed by atoms with van der Waals surface area (Å²) in [7, 11) is 1.28. The molecule has 0 spiro atoms. The molecule has 1 rings (SSSR count). The van der Waals surface area contributed by atoms with E-state index in [1.807, 2.05) is 13.8 Å². The van der Waals surface area contributed by atoms with Gasteiger partial charge < -0.3 is 4.74 Å². The fourth-order valence-corrected chi connectivity index (χ4v) is 2.58. The number of ether oxygens (including phenoxy) is 1. The van der Waals surface area contributed by atoms with Crippen LogP contribution in [0.25, 0.3) is 0 Å². The van der Waals surface area contributed by atoms with Gasteiger partial charge in [0.15, 0.2) is 0 Å². The first-order chi connectivity index (χ1) is 9.80. The first kappa shape index (κ1) is 17.3. The normalized spacial score (nSPS) is 22.9. The highest BCUT2D eigenvalue weighted by Crippen LogP contribution is 2.35. The smallest absolute Gasteiger partial charge is 0.305 e. The lowest BCUT2D eigenvalue weighted by atomic mass is 9.69. The van der Waals surface area contributed by atoms with E-state index in [-0.39, 0.29) is 29.8 Å². The molecular formula is C16H23NO4. The van der Waals surface area contributed by atoms with Crippen LogP contribution in [0.2, 0.25) is 0 Å². The van der Waals surface area contributed by atoms with Crippen LogP contribution in [0.5, 0.6) is 0 Å². The molecule has 1 atom stereocenters. The van der Waals surface area contributed by atoms with Crippen LogP contribution in [0.15, 0.2) is 17.6 Å². The van der Waals surface area contributed by atoms with E-state index in [4.69, 9.17) is 0 Å². The van der Waals surface area contributed by atoms with Gasteiger partial charge in [-0.1, -0.05) is 19.9 Å². The van der Waals surface area contributed by atoms with Gasteiger partial charge in [0.2, 0.25) is 0 Å². The maximum atomic E-state index is 12.3. The molecule has 116 valence electrons. The van der Waals surface area contributed by atoms with Crippen molar-refractivity contribution in [2.75, 3.05) is 13.7 Å². The molecule has 1 aliphatic rings. The summed E-state index contributed by atoms with van der Waals surface area (Å²) < 4.78 is 4.52. The summed E-state index contributed by atoms with van der Waals surface area (Å²) in [6.07, 6.45) is 2.61. The molecule has 1 aliphatic carbocycles. The third-order valence-electron chi connectivity index (χ3n) is 3.52. The summed E-state index contributed by atoms with van der Waals surface area (Å²) in [4.78, 5) is 40.0. The fraction of sp³-hybridized carbons (Fsp3) is 0.625. The highest BCUT2D eigenvalue weighted by molar-refractivity contribution is 6.22. The van der Waals surface area contributed by atoms with Gasteiger partial charge in [-0.05, 0) is 11.8 Å². The summed E-state index contributed by atoms with van der Waals surface area (Å²) in [5, 5.41) is 0. The zero-order valence-electron chi connectivity index (χ0n) is 13.0. The van der Waals surface area contributed by atoms with Crippen molar-refractivity contribution in [3.8, 4) is 0 Å². The molecule has 1 saturated carbocycles. The molecule has 0 aromatic carbocycles. The number of hydrogen-bond acceptors (Lipinski definition) is 5. The van der Waals surface area contributed by atoms with Crippen molar-refractivity contribution in [2.45, 2.75) is 39.5 Å². The zero-order chi connectivity index (χ0) is 16.0. The molecule has 0 saturated heterocycles. The third kappa shape index (κ3) is 4.92. The van der Waals surface area contributed by atoms with Crippen LogP contribution in [0.1, 0.15) is 39.5 Å². The SMILES string of the molecule is C=CCN=C1CC(C)(C)CC(=O)C1C(=O)CCC(=O)OC. The lowest BCUT2D eigenvalue weighted by Gasteiger charge is -2.34. The van der Waals surface area contributed by atoms with Gasteiger partial charge in [-0.15, -0.1) is 6.58 Å². The number of carbonyl (C=O) groups excluding carboxylic acids is 3. The average Bonchev–Trinajstić information content (AvgIpc) is 2.40. The second-order valence-corrected chi connectivity index (χ2v) is 6.08. The minimum atomic E-state index is -0.803. The number of carbonyl (C=O) groups is 3. The number of aliphatic imine (C=N–C) groups is 1. The van der Waals surface area contributed by atoms with E-state index in [0.717, 1.165) is 0 Å². The minimum Gasteiger partial charge on any atom is -0.469 e. The fourth-order valence-electron chi connectivity index (χ4n) is 2.58. The Morgan fingerprint density at radius 1 is 1.38 bits per heavy atom. The number of methoxy groups -OCH3 is 1. The molecule has 0 aliphatic heterocycles. The van der Waals surface area contributed by atoms with Crippen LogP contribution in [0.4, 0.5) is 0 Å². The lowest BCUT2D eigenvalue weighted by Crippen LogP contribution is -2.42. The van der Waals surface area contributed by atoms with E-state index < -0.39 is 11.9 Å². The number of rotatable bonds is 6. The maximum Gasteiger partial charge on any atom is 0.305 e. The first-order valence-corrected chi connectivity index (χ1v) is 7.07. The lowest BCUT2D eigenvalue weighted by molar-refractivity contribution is -0.143. The number of hydrogen-bond donors (Lipinski definition) is 0. The topological polar surface area (TPSA) is 72.8 Å². The monoisotopic (exact) mass is 293 g/mol. The summed E-state index contributed by atoms with van der Waals surface area (Å²) in [6, 6.07) is 0. The molecule has 0 aromatic heterocycles. The molecule has 5 heteroatoms. The van der Waals surface area contributed by atoms with Crippen LogP contribution >= 0.6 is 0 Å². The predicted molar refractivity (Wildman–Crippen MR) is 80.3 cm³/mol. The Hall–Kier alpha value is -1.78. The van der Waals surface area contributed by atoms with E-state index in [1.54, 1.807) is 6.08 Å². The zero-order valence-corrected chi connectivity index (χ0v) is 13.0. The highest BCUT2D eigenvalue weighted by atomic mass is 16.5. The summed E-state index contributed by atoms with van der Waals surface area (Å²) in [5.41, 5.74) is 0.432. The molecule has 0 aromatic rings. The number of ketones is 2. The molecule has 0 amide bonds. The van der Waals surface area contributed by atoms with Gasteiger partial charge in [0.1, 0.15) is 17.5 Å². The van der Waals surface area contributed by atoms with Crippen LogP contribution < -0.4 is 0 Å². The second kappa shape index (κ2) is 7.29. The molecular weight excluding hydrogens is 270 g/mol. The number of esters is 1. The Balaban J connectivity index is 2.89. The van der Waals surface area contributed by atoms with E-state index >= 15 is 0 Å². The van der Waals surface area contributed by atoms with Gasteiger partial charge >= 0.3 is 5.97 Å². The third-order valence-corrected chi connectivity index (χ3v) is 3.52. The second-order valence-electron chi connectivity index (χ2n) is 6.08. The first-order valence-electron chi connectivity index (χ1n) is 7.07. The van der Waals surface area contributed by atoms with Gasteiger partial charge in [-0.2, -0.15) is 0 Å². The van der Waals surface area contributed by atoms with Crippen molar-refractivity contribution in [3.63, 3.8) is 0 Å². The van der Waals surface area contributed by atoms with Crippen molar-refractivity contribution in [1.82, 2.24) is 0 Å². The average molecular weight is 293 g/mol. The molecule has 0 radical (unpaired) electrons. The van der Waals surface area contributed by atoms with Crippen molar-refractivity contribution in [3.05, 3.63) is 12.7 Å². The van der Waals surface area contributed by atoms with E-state index in [1.165, 1.54) is 7.11 Å². The van der Waals surface area contributed by atoms with Crippen molar-refractivity contribution in [2.24, 2.45) is 16.3 Å². The standard InChI is InChI=1S/C16H23NO4/c1-5-8-17-11-9-16(2,3)10-13(19)15(11)12(18)6-7-14(20)21-4/h5,15H,1,6-10H2,2-4H3. The molecule has 5 nitrogen and oxygen atoms in total. The van der Waals surface area contributed by atoms with Crippen molar-refractivity contribution >= 4 is 23.2 Å².